The van der Waals surface area contributed by atoms with Crippen LogP contribution in [0.5, 0.6) is 5.75 Å². The highest BCUT2D eigenvalue weighted by Crippen LogP contribution is 2.20. The fraction of sp³-hybridized carbons (Fsp3) is 0.190. The molecule has 1 amide bonds. The Hall–Kier alpha value is -3.41. The standard InChI is InChI=1S/C21H22N4O2/c1-14(2)15-7-9-16(10-8-15)22-20-12-11-19(24-25-20)21(26)23-17-5-4-6-18(13-17)27-3/h4-14H,1-3H3,(H,22,25)(H,23,26). The Morgan fingerprint density at radius 1 is 0.963 bits per heavy atom. The lowest BCUT2D eigenvalue weighted by Crippen LogP contribution is -2.14. The number of ether oxygens (including phenoxy) is 1. The molecule has 1 heterocycles. The van der Waals surface area contributed by atoms with Crippen LogP contribution in [-0.2, 0) is 0 Å². The second kappa shape index (κ2) is 8.31. The maximum Gasteiger partial charge on any atom is 0.276 e. The number of hydrogen-bond donors (Lipinski definition) is 2. The van der Waals surface area contributed by atoms with Crippen molar-refractivity contribution in [2.75, 3.05) is 17.7 Å². The third-order valence-electron chi connectivity index (χ3n) is 4.07. The zero-order valence-electron chi connectivity index (χ0n) is 15.6. The van der Waals surface area contributed by atoms with E-state index in [0.717, 1.165) is 5.69 Å². The van der Waals surface area contributed by atoms with Crippen molar-refractivity contribution in [1.82, 2.24) is 10.2 Å². The number of carbonyl (C=O) groups excluding carboxylic acids is 1. The zero-order valence-corrected chi connectivity index (χ0v) is 15.6. The van der Waals surface area contributed by atoms with Crippen molar-refractivity contribution in [3.05, 3.63) is 71.9 Å². The summed E-state index contributed by atoms with van der Waals surface area (Å²) >= 11 is 0. The van der Waals surface area contributed by atoms with E-state index in [9.17, 15) is 4.79 Å². The van der Waals surface area contributed by atoms with E-state index in [2.05, 4.69) is 46.8 Å². The maximum atomic E-state index is 12.3. The first kappa shape index (κ1) is 18.4. The molecule has 2 N–H and O–H groups in total. The fourth-order valence-electron chi connectivity index (χ4n) is 2.52. The van der Waals surface area contributed by atoms with Gasteiger partial charge in [-0.05, 0) is 47.9 Å². The highest BCUT2D eigenvalue weighted by atomic mass is 16.5. The molecule has 0 atom stereocenters. The summed E-state index contributed by atoms with van der Waals surface area (Å²) in [5.74, 6) is 1.40. The van der Waals surface area contributed by atoms with Crippen LogP contribution in [0.3, 0.4) is 0 Å². The number of hydrogen-bond acceptors (Lipinski definition) is 5. The summed E-state index contributed by atoms with van der Waals surface area (Å²) < 4.78 is 5.15. The van der Waals surface area contributed by atoms with Crippen molar-refractivity contribution in [1.29, 1.82) is 0 Å². The summed E-state index contributed by atoms with van der Waals surface area (Å²) in [5, 5.41) is 14.0. The van der Waals surface area contributed by atoms with Crippen LogP contribution in [0.4, 0.5) is 17.2 Å². The van der Waals surface area contributed by atoms with Gasteiger partial charge in [0.2, 0.25) is 0 Å². The van der Waals surface area contributed by atoms with Crippen molar-refractivity contribution >= 4 is 23.1 Å². The number of nitrogens with zero attached hydrogens (tertiary/aromatic N) is 2. The van der Waals surface area contributed by atoms with Gasteiger partial charge in [0.1, 0.15) is 5.75 Å². The molecule has 3 rings (SSSR count). The van der Waals surface area contributed by atoms with Crippen LogP contribution in [-0.4, -0.2) is 23.2 Å². The fourth-order valence-corrected chi connectivity index (χ4v) is 2.52. The summed E-state index contributed by atoms with van der Waals surface area (Å²) in [6.45, 7) is 4.31. The van der Waals surface area contributed by atoms with Gasteiger partial charge in [-0.3, -0.25) is 4.79 Å². The van der Waals surface area contributed by atoms with Crippen molar-refractivity contribution in [3.8, 4) is 5.75 Å². The van der Waals surface area contributed by atoms with E-state index in [-0.39, 0.29) is 11.6 Å². The van der Waals surface area contributed by atoms with Crippen LogP contribution in [0.25, 0.3) is 0 Å². The molecule has 0 aliphatic heterocycles. The van der Waals surface area contributed by atoms with Crippen LogP contribution in [0.2, 0.25) is 0 Å². The van der Waals surface area contributed by atoms with Crippen molar-refractivity contribution < 1.29 is 9.53 Å². The minimum atomic E-state index is -0.330. The largest absolute Gasteiger partial charge is 0.497 e. The lowest BCUT2D eigenvalue weighted by Gasteiger charge is -2.09. The Labute approximate surface area is 158 Å². The Morgan fingerprint density at radius 3 is 2.37 bits per heavy atom. The van der Waals surface area contributed by atoms with Crippen molar-refractivity contribution in [2.45, 2.75) is 19.8 Å². The van der Waals surface area contributed by atoms with E-state index in [1.165, 1.54) is 5.56 Å². The maximum absolute atomic E-state index is 12.3. The molecule has 0 spiro atoms. The molecule has 0 saturated heterocycles. The van der Waals surface area contributed by atoms with Gasteiger partial charge in [0.05, 0.1) is 7.11 Å². The van der Waals surface area contributed by atoms with Gasteiger partial charge in [-0.25, -0.2) is 0 Å². The smallest absolute Gasteiger partial charge is 0.276 e. The highest BCUT2D eigenvalue weighted by Gasteiger charge is 2.09. The molecule has 6 nitrogen and oxygen atoms in total. The van der Waals surface area contributed by atoms with E-state index in [0.29, 0.717) is 23.2 Å². The molecule has 3 aromatic rings. The molecule has 0 unspecified atom stereocenters. The normalized spacial score (nSPS) is 10.5. The van der Waals surface area contributed by atoms with Gasteiger partial charge in [0.15, 0.2) is 11.5 Å². The van der Waals surface area contributed by atoms with Gasteiger partial charge >= 0.3 is 0 Å². The Kier molecular flexibility index (Phi) is 5.66. The molecule has 2 aromatic carbocycles. The molecule has 138 valence electrons. The van der Waals surface area contributed by atoms with Gasteiger partial charge in [-0.15, -0.1) is 10.2 Å². The summed E-state index contributed by atoms with van der Waals surface area (Å²) in [7, 11) is 1.58. The molecule has 0 aliphatic carbocycles. The summed E-state index contributed by atoms with van der Waals surface area (Å²) in [4.78, 5) is 12.3. The average Bonchev–Trinajstić information content (AvgIpc) is 2.69. The monoisotopic (exact) mass is 362 g/mol. The zero-order chi connectivity index (χ0) is 19.2. The molecular formula is C21H22N4O2. The average molecular weight is 362 g/mol. The Morgan fingerprint density at radius 2 is 1.74 bits per heavy atom. The third-order valence-corrected chi connectivity index (χ3v) is 4.07. The van der Waals surface area contributed by atoms with Crippen molar-refractivity contribution in [3.63, 3.8) is 0 Å². The minimum absolute atomic E-state index is 0.235. The van der Waals surface area contributed by atoms with Crippen LogP contribution in [0, 0.1) is 0 Å². The molecule has 6 heteroatoms. The number of nitrogens with one attached hydrogen (secondary N) is 2. The number of carbonyl (C=O) groups is 1. The quantitative estimate of drug-likeness (QED) is 0.670. The summed E-state index contributed by atoms with van der Waals surface area (Å²) in [6.07, 6.45) is 0. The van der Waals surface area contributed by atoms with Gasteiger partial charge < -0.3 is 15.4 Å². The highest BCUT2D eigenvalue weighted by molar-refractivity contribution is 6.02. The predicted molar refractivity (Wildman–Crippen MR) is 107 cm³/mol. The molecule has 1 aromatic heterocycles. The van der Waals surface area contributed by atoms with Gasteiger partial charge in [-0.1, -0.05) is 32.0 Å². The van der Waals surface area contributed by atoms with Crippen LogP contribution < -0.4 is 15.4 Å². The second-order valence-electron chi connectivity index (χ2n) is 6.39. The molecule has 27 heavy (non-hydrogen) atoms. The lowest BCUT2D eigenvalue weighted by molar-refractivity contribution is 0.102. The van der Waals surface area contributed by atoms with Gasteiger partial charge in [-0.2, -0.15) is 0 Å². The predicted octanol–water partition coefficient (Wildman–Crippen LogP) is 4.60. The number of anilines is 3. The molecular weight excluding hydrogens is 340 g/mol. The molecule has 0 bridgehead atoms. The van der Waals surface area contributed by atoms with Crippen LogP contribution >= 0.6 is 0 Å². The Balaban J connectivity index is 1.64. The third kappa shape index (κ3) is 4.82. The Bertz CT molecular complexity index is 906. The topological polar surface area (TPSA) is 76.1 Å². The van der Waals surface area contributed by atoms with Gasteiger partial charge in [0.25, 0.3) is 5.91 Å². The first-order valence-electron chi connectivity index (χ1n) is 8.71. The molecule has 0 radical (unpaired) electrons. The molecule has 0 aliphatic rings. The summed E-state index contributed by atoms with van der Waals surface area (Å²) in [5.41, 5.74) is 3.06. The van der Waals surface area contributed by atoms with E-state index in [1.54, 1.807) is 37.4 Å². The van der Waals surface area contributed by atoms with E-state index < -0.39 is 0 Å². The van der Waals surface area contributed by atoms with E-state index in [4.69, 9.17) is 4.74 Å². The lowest BCUT2D eigenvalue weighted by atomic mass is 10.0. The minimum Gasteiger partial charge on any atom is -0.497 e. The second-order valence-corrected chi connectivity index (χ2v) is 6.39. The number of amides is 1. The first-order valence-corrected chi connectivity index (χ1v) is 8.71. The van der Waals surface area contributed by atoms with Crippen LogP contribution in [0.1, 0.15) is 35.8 Å². The molecule has 0 fully saturated rings. The number of benzene rings is 2. The van der Waals surface area contributed by atoms with Crippen molar-refractivity contribution in [2.24, 2.45) is 0 Å². The SMILES string of the molecule is COc1cccc(NC(=O)c2ccc(Nc3ccc(C(C)C)cc3)nn2)c1. The van der Waals surface area contributed by atoms with E-state index in [1.807, 2.05) is 18.2 Å². The molecule has 0 saturated carbocycles. The first-order chi connectivity index (χ1) is 13.0. The van der Waals surface area contributed by atoms with Crippen LogP contribution in [0.15, 0.2) is 60.7 Å². The number of aromatic nitrogens is 2. The van der Waals surface area contributed by atoms with E-state index >= 15 is 0 Å². The number of rotatable bonds is 6. The van der Waals surface area contributed by atoms with Gasteiger partial charge in [0, 0.05) is 17.4 Å². The summed E-state index contributed by atoms with van der Waals surface area (Å²) in [6, 6.07) is 18.7. The number of methoxy groups -OCH3 is 1.